The first-order chi connectivity index (χ1) is 23.0. The summed E-state index contributed by atoms with van der Waals surface area (Å²) in [5.41, 5.74) is -1.51. The first kappa shape index (κ1) is 36.0. The lowest BCUT2D eigenvalue weighted by atomic mass is 9.80. The van der Waals surface area contributed by atoms with Crippen molar-refractivity contribution in [1.29, 1.82) is 0 Å². The van der Waals surface area contributed by atoms with E-state index in [0.29, 0.717) is 44.1 Å². The Balaban J connectivity index is 1.45. The number of anilines is 1. The maximum atomic E-state index is 13.8. The average Bonchev–Trinajstić information content (AvgIpc) is 3.46. The summed E-state index contributed by atoms with van der Waals surface area (Å²) in [5, 5.41) is 9.03. The number of aromatic nitrogens is 3. The number of piperidine rings is 1. The van der Waals surface area contributed by atoms with Crippen LogP contribution < -0.4 is 4.90 Å². The van der Waals surface area contributed by atoms with E-state index in [1.807, 2.05) is 43.9 Å². The molecule has 2 aliphatic rings. The Bertz CT molecular complexity index is 1570. The van der Waals surface area contributed by atoms with Crippen molar-refractivity contribution in [3.8, 4) is 11.1 Å². The molecule has 0 bridgehead atoms. The number of halogens is 6. The normalized spacial score (nSPS) is 22.8. The number of aryl methyl sites for hydroxylation is 1. The van der Waals surface area contributed by atoms with E-state index in [9.17, 15) is 35.9 Å². The van der Waals surface area contributed by atoms with E-state index >= 15 is 0 Å². The molecular formula is C34H39F6N5O4. The van der Waals surface area contributed by atoms with Crippen molar-refractivity contribution in [2.45, 2.75) is 102 Å². The van der Waals surface area contributed by atoms with Gasteiger partial charge in [0.05, 0.1) is 11.1 Å². The van der Waals surface area contributed by atoms with Crippen molar-refractivity contribution in [3.05, 3.63) is 65.7 Å². The second kappa shape index (κ2) is 14.3. The van der Waals surface area contributed by atoms with Crippen molar-refractivity contribution in [3.63, 3.8) is 0 Å². The first-order valence-electron chi connectivity index (χ1n) is 16.3. The van der Waals surface area contributed by atoms with Crippen LogP contribution in [0, 0.1) is 5.92 Å². The summed E-state index contributed by atoms with van der Waals surface area (Å²) in [6.07, 6.45) is -1.45. The van der Waals surface area contributed by atoms with Gasteiger partial charge in [0.15, 0.2) is 0 Å². The number of hydrogen-bond acceptors (Lipinski definition) is 6. The Morgan fingerprint density at radius 3 is 1.96 bits per heavy atom. The lowest BCUT2D eigenvalue weighted by Gasteiger charge is -2.48. The summed E-state index contributed by atoms with van der Waals surface area (Å²) in [4.78, 5) is 36.9. The van der Waals surface area contributed by atoms with E-state index in [2.05, 4.69) is 9.97 Å². The van der Waals surface area contributed by atoms with Crippen LogP contribution in [0.5, 0.6) is 0 Å². The molecule has 3 aromatic rings. The minimum Gasteiger partial charge on any atom is -0.481 e. The first-order valence-corrected chi connectivity index (χ1v) is 16.3. The predicted molar refractivity (Wildman–Crippen MR) is 167 cm³/mol. The third kappa shape index (κ3) is 8.47. The van der Waals surface area contributed by atoms with Crippen LogP contribution in [0.15, 0.2) is 49.1 Å². The van der Waals surface area contributed by atoms with Gasteiger partial charge in [-0.2, -0.15) is 26.3 Å². The maximum absolute atomic E-state index is 13.8. The zero-order valence-corrected chi connectivity index (χ0v) is 27.3. The lowest BCUT2D eigenvalue weighted by Crippen LogP contribution is -2.57. The molecule has 1 amide bonds. The molecule has 3 heterocycles. The number of nitrogens with zero attached hydrogens (tertiary/aromatic N) is 5. The fourth-order valence-corrected chi connectivity index (χ4v) is 6.88. The van der Waals surface area contributed by atoms with Crippen molar-refractivity contribution in [1.82, 2.24) is 19.4 Å². The van der Waals surface area contributed by atoms with E-state index in [1.54, 1.807) is 22.2 Å². The van der Waals surface area contributed by atoms with E-state index in [0.717, 1.165) is 17.7 Å². The van der Waals surface area contributed by atoms with Gasteiger partial charge in [0, 0.05) is 74.1 Å². The van der Waals surface area contributed by atoms with Crippen LogP contribution in [0.25, 0.3) is 11.1 Å². The summed E-state index contributed by atoms with van der Waals surface area (Å²) in [6, 6.07) is 2.24. The quantitative estimate of drug-likeness (QED) is 0.215. The number of carboxylic acids is 1. The van der Waals surface area contributed by atoms with Crippen LogP contribution in [0.1, 0.15) is 75.5 Å². The number of carbonyl (C=O) groups is 2. The van der Waals surface area contributed by atoms with Gasteiger partial charge in [-0.1, -0.05) is 13.8 Å². The molecule has 9 nitrogen and oxygen atoms in total. The van der Waals surface area contributed by atoms with Crippen LogP contribution in [0.3, 0.4) is 0 Å². The van der Waals surface area contributed by atoms with Gasteiger partial charge in [0.25, 0.3) is 0 Å². The molecule has 0 radical (unpaired) electrons. The lowest BCUT2D eigenvalue weighted by molar-refractivity contribution is -0.143. The molecule has 1 aromatic carbocycles. The number of ether oxygens (including phenoxy) is 1. The average molecular weight is 696 g/mol. The molecule has 15 heteroatoms. The number of amides is 1. The van der Waals surface area contributed by atoms with Gasteiger partial charge in [-0.15, -0.1) is 0 Å². The SMILES string of the molecule is CC[C@@H]1C[C@H](N(Cc2cc(C(F)(F)F)cc(C(F)(F)F)c2)c2ncc(-c3ccn(C)c3)cn2)C[C@H](CC)N1C(=O)OC1CC(CC(=O)O)C1. The molecule has 1 aliphatic heterocycles. The highest BCUT2D eigenvalue weighted by atomic mass is 19.4. The number of alkyl halides is 6. The van der Waals surface area contributed by atoms with E-state index in [1.165, 1.54) is 0 Å². The smallest absolute Gasteiger partial charge is 0.416 e. The van der Waals surface area contributed by atoms with Gasteiger partial charge in [-0.25, -0.2) is 14.8 Å². The van der Waals surface area contributed by atoms with Crippen molar-refractivity contribution >= 4 is 18.0 Å². The molecule has 0 unspecified atom stereocenters. The molecule has 5 rings (SSSR count). The molecule has 266 valence electrons. The Morgan fingerprint density at radius 2 is 1.49 bits per heavy atom. The second-order valence-corrected chi connectivity index (χ2v) is 13.0. The fourth-order valence-electron chi connectivity index (χ4n) is 6.88. The van der Waals surface area contributed by atoms with Gasteiger partial charge < -0.3 is 24.2 Å². The molecule has 3 atom stereocenters. The van der Waals surface area contributed by atoms with Gasteiger partial charge in [-0.3, -0.25) is 4.79 Å². The molecule has 0 spiro atoms. The minimum absolute atomic E-state index is 0.00912. The van der Waals surface area contributed by atoms with Crippen molar-refractivity contribution < 1.29 is 45.8 Å². The third-order valence-corrected chi connectivity index (χ3v) is 9.45. The number of likely N-dealkylation sites (tertiary alicyclic amines) is 1. The summed E-state index contributed by atoms with van der Waals surface area (Å²) >= 11 is 0. The van der Waals surface area contributed by atoms with Gasteiger partial charge in [0.1, 0.15) is 6.10 Å². The van der Waals surface area contributed by atoms with Crippen molar-refractivity contribution in [2.75, 3.05) is 4.90 Å². The Labute approximate surface area is 279 Å². The molecular weight excluding hydrogens is 656 g/mol. The van der Waals surface area contributed by atoms with Crippen LogP contribution >= 0.6 is 0 Å². The Kier molecular flexibility index (Phi) is 10.5. The van der Waals surface area contributed by atoms with Crippen LogP contribution in [0.4, 0.5) is 37.1 Å². The number of rotatable bonds is 10. The molecule has 49 heavy (non-hydrogen) atoms. The highest BCUT2D eigenvalue weighted by molar-refractivity contribution is 5.70. The molecule has 1 saturated carbocycles. The number of carbonyl (C=O) groups excluding carboxylic acids is 1. The van der Waals surface area contributed by atoms with Crippen LogP contribution in [-0.4, -0.2) is 60.8 Å². The predicted octanol–water partition coefficient (Wildman–Crippen LogP) is 7.94. The monoisotopic (exact) mass is 695 g/mol. The summed E-state index contributed by atoms with van der Waals surface area (Å²) in [7, 11) is 1.85. The summed E-state index contributed by atoms with van der Waals surface area (Å²) in [5.74, 6) is -0.826. The molecule has 1 saturated heterocycles. The highest BCUT2D eigenvalue weighted by Gasteiger charge is 2.43. The Hall–Kier alpha value is -4.30. The number of aliphatic carboxylic acids is 1. The standard InChI is InChI=1S/C34H39F6N5O4/c1-4-26-14-28(15-27(5-2)45(26)32(48)49-29-10-20(11-29)12-30(46)47)44(31-41-16-23(17-42-31)22-6-7-43(3)19-22)18-21-8-24(33(35,36)37)13-25(9-21)34(38,39)40/h6-9,13,16-17,19-20,26-29H,4-5,10-12,14-15,18H2,1-3H3,(H,46,47)/t20?,26-,27+,28+,29?. The highest BCUT2D eigenvalue weighted by Crippen LogP contribution is 2.39. The third-order valence-electron chi connectivity index (χ3n) is 9.45. The number of carboxylic acid groups (broad SMARTS) is 1. The summed E-state index contributed by atoms with van der Waals surface area (Å²) in [6.45, 7) is 3.45. The second-order valence-electron chi connectivity index (χ2n) is 13.0. The minimum atomic E-state index is -5.00. The summed E-state index contributed by atoms with van der Waals surface area (Å²) < 4.78 is 90.3. The van der Waals surface area contributed by atoms with Gasteiger partial charge in [0.2, 0.25) is 5.95 Å². The molecule has 2 fully saturated rings. The number of hydrogen-bond donors (Lipinski definition) is 1. The van der Waals surface area contributed by atoms with Gasteiger partial charge in [-0.05, 0) is 74.3 Å². The molecule has 1 aliphatic carbocycles. The zero-order chi connectivity index (χ0) is 35.7. The number of benzene rings is 1. The largest absolute Gasteiger partial charge is 0.481 e. The van der Waals surface area contributed by atoms with E-state index in [4.69, 9.17) is 9.84 Å². The van der Waals surface area contributed by atoms with Crippen molar-refractivity contribution in [2.24, 2.45) is 13.0 Å². The van der Waals surface area contributed by atoms with Gasteiger partial charge >= 0.3 is 24.4 Å². The van der Waals surface area contributed by atoms with Crippen LogP contribution in [0.2, 0.25) is 0 Å². The zero-order valence-electron chi connectivity index (χ0n) is 27.3. The van der Waals surface area contributed by atoms with E-state index < -0.39 is 41.6 Å². The fraction of sp³-hybridized carbons (Fsp3) is 0.529. The topological polar surface area (TPSA) is 101 Å². The van der Waals surface area contributed by atoms with Crippen LogP contribution in [-0.2, 0) is 35.5 Å². The molecule has 2 aromatic heterocycles. The molecule has 1 N–H and O–H groups in total. The maximum Gasteiger partial charge on any atom is 0.416 e. The Morgan fingerprint density at radius 1 is 0.918 bits per heavy atom. The van der Waals surface area contributed by atoms with E-state index in [-0.39, 0.29) is 54.6 Å².